The molecule has 10 heteroatoms. The number of fused-ring (bicyclic) bond motifs is 3. The highest BCUT2D eigenvalue weighted by atomic mass is 16.6. The lowest BCUT2D eigenvalue weighted by atomic mass is 9.39. The maximum Gasteiger partial charge on any atom is 0.335 e. The lowest BCUT2D eigenvalue weighted by Gasteiger charge is -2.71. The fourth-order valence-corrected chi connectivity index (χ4v) is 8.14. The summed E-state index contributed by atoms with van der Waals surface area (Å²) in [4.78, 5) is 40.7. The van der Waals surface area contributed by atoms with Crippen LogP contribution < -0.4 is 5.32 Å². The molecule has 4 fully saturated rings. The molecular formula is C31H49NO9. The van der Waals surface area contributed by atoms with E-state index in [4.69, 9.17) is 18.9 Å². The minimum atomic E-state index is -2.30. The van der Waals surface area contributed by atoms with Crippen LogP contribution in [0.25, 0.3) is 0 Å². The van der Waals surface area contributed by atoms with Crippen molar-refractivity contribution in [3.8, 4) is 0 Å². The molecule has 0 bridgehead atoms. The van der Waals surface area contributed by atoms with Gasteiger partial charge in [-0.15, -0.1) is 6.58 Å². The minimum Gasteiger partial charge on any atom is -0.461 e. The maximum absolute atomic E-state index is 14.3. The molecule has 41 heavy (non-hydrogen) atoms. The third-order valence-corrected chi connectivity index (χ3v) is 10.2. The molecule has 2 aliphatic heterocycles. The van der Waals surface area contributed by atoms with E-state index in [0.717, 1.165) is 0 Å². The molecule has 10 nitrogen and oxygen atoms in total. The molecule has 3 N–H and O–H groups in total. The second-order valence-corrected chi connectivity index (χ2v) is 14.8. The molecule has 2 saturated heterocycles. The van der Waals surface area contributed by atoms with E-state index in [2.05, 4.69) is 11.9 Å². The van der Waals surface area contributed by atoms with E-state index in [-0.39, 0.29) is 18.5 Å². The quantitative estimate of drug-likeness (QED) is 0.318. The van der Waals surface area contributed by atoms with Crippen molar-refractivity contribution in [1.29, 1.82) is 0 Å². The molecule has 0 aromatic heterocycles. The Kier molecular flexibility index (Phi) is 8.14. The number of rotatable bonds is 6. The van der Waals surface area contributed by atoms with Gasteiger partial charge in [0.2, 0.25) is 0 Å². The highest BCUT2D eigenvalue weighted by Gasteiger charge is 2.82. The topological polar surface area (TPSA) is 141 Å². The van der Waals surface area contributed by atoms with Gasteiger partial charge in [-0.25, -0.2) is 4.79 Å². The predicted molar refractivity (Wildman–Crippen MR) is 150 cm³/mol. The second kappa shape index (κ2) is 10.4. The van der Waals surface area contributed by atoms with Crippen LogP contribution in [0.15, 0.2) is 12.7 Å². The van der Waals surface area contributed by atoms with Crippen molar-refractivity contribution < 1.29 is 43.5 Å². The minimum absolute atomic E-state index is 0.0665. The number of aliphatic hydroxyl groups is 2. The summed E-state index contributed by atoms with van der Waals surface area (Å²) in [6.45, 7) is 18.8. The van der Waals surface area contributed by atoms with Gasteiger partial charge < -0.3 is 34.5 Å². The van der Waals surface area contributed by atoms with Crippen LogP contribution in [0.1, 0.15) is 87.5 Å². The van der Waals surface area contributed by atoms with Gasteiger partial charge in [0, 0.05) is 29.9 Å². The molecule has 0 aromatic rings. The van der Waals surface area contributed by atoms with Gasteiger partial charge in [-0.2, -0.15) is 0 Å². The zero-order chi connectivity index (χ0) is 30.8. The number of Topliss-reactive ketones (excluding diaryl/α,β-unsaturated/α-hetero) is 1. The largest absolute Gasteiger partial charge is 0.461 e. The van der Waals surface area contributed by atoms with Crippen LogP contribution in [0.4, 0.5) is 0 Å². The number of esters is 2. The first-order valence-corrected chi connectivity index (χ1v) is 14.8. The highest BCUT2D eigenvalue weighted by molar-refractivity contribution is 5.92. The van der Waals surface area contributed by atoms with Gasteiger partial charge >= 0.3 is 11.9 Å². The third-order valence-electron chi connectivity index (χ3n) is 10.2. The fraction of sp³-hybridized carbons (Fsp3) is 0.839. The monoisotopic (exact) mass is 579 g/mol. The van der Waals surface area contributed by atoms with Crippen molar-refractivity contribution in [2.45, 2.75) is 134 Å². The van der Waals surface area contributed by atoms with E-state index < -0.39 is 75.7 Å². The lowest BCUT2D eigenvalue weighted by Crippen LogP contribution is -2.87. The van der Waals surface area contributed by atoms with Crippen LogP contribution in [0.5, 0.6) is 0 Å². The van der Waals surface area contributed by atoms with Gasteiger partial charge in [-0.1, -0.05) is 26.8 Å². The number of aliphatic hydroxyl groups excluding tert-OH is 1. The Balaban J connectivity index is 1.84. The third kappa shape index (κ3) is 5.07. The summed E-state index contributed by atoms with van der Waals surface area (Å²) in [5.74, 6) is -2.56. The zero-order valence-electron chi connectivity index (χ0n) is 25.9. The van der Waals surface area contributed by atoms with Crippen LogP contribution in [-0.4, -0.2) is 87.8 Å². The van der Waals surface area contributed by atoms with Crippen molar-refractivity contribution in [1.82, 2.24) is 5.32 Å². The average Bonchev–Trinajstić information content (AvgIpc) is 3.40. The smallest absolute Gasteiger partial charge is 0.335 e. The summed E-state index contributed by atoms with van der Waals surface area (Å²) in [6, 6.07) is 0. The van der Waals surface area contributed by atoms with Gasteiger partial charge in [0.25, 0.3) is 0 Å². The first-order chi connectivity index (χ1) is 18.8. The molecule has 2 aliphatic carbocycles. The molecule has 232 valence electrons. The molecule has 4 aliphatic rings. The van der Waals surface area contributed by atoms with E-state index in [0.29, 0.717) is 32.3 Å². The van der Waals surface area contributed by atoms with Crippen LogP contribution in [0.3, 0.4) is 0 Å². The fourth-order valence-electron chi connectivity index (χ4n) is 8.14. The van der Waals surface area contributed by atoms with Crippen molar-refractivity contribution in [3.05, 3.63) is 12.7 Å². The SMILES string of the molecule is C=C[C@@]1(C)CC(=O)[C@]2(O)[C@@]3(C)[C@@H](OC(=O)CNC(C)(C)C)CCC(C)(C)[C@@H]3[C@H](O)[C@H](OC(=O)C3CCCO3)[C@@]2(C)O1. The van der Waals surface area contributed by atoms with Gasteiger partial charge in [-0.05, 0) is 65.7 Å². The first kappa shape index (κ1) is 32.1. The summed E-state index contributed by atoms with van der Waals surface area (Å²) in [7, 11) is 0. The number of hydrogen-bond donors (Lipinski definition) is 3. The Bertz CT molecular complexity index is 1080. The summed E-state index contributed by atoms with van der Waals surface area (Å²) in [5, 5.41) is 28.2. The Morgan fingerprint density at radius 3 is 2.37 bits per heavy atom. The lowest BCUT2D eigenvalue weighted by molar-refractivity contribution is -0.371. The molecule has 4 rings (SSSR count). The highest BCUT2D eigenvalue weighted by Crippen LogP contribution is 2.67. The molecule has 0 spiro atoms. The van der Waals surface area contributed by atoms with Crippen LogP contribution in [0, 0.1) is 16.7 Å². The van der Waals surface area contributed by atoms with Crippen LogP contribution in [0.2, 0.25) is 0 Å². The molecule has 1 unspecified atom stereocenters. The van der Waals surface area contributed by atoms with Crippen molar-refractivity contribution >= 4 is 17.7 Å². The van der Waals surface area contributed by atoms with E-state index in [1.807, 2.05) is 34.6 Å². The van der Waals surface area contributed by atoms with Gasteiger partial charge in [-0.3, -0.25) is 9.59 Å². The number of carbonyl (C=O) groups is 3. The number of carbonyl (C=O) groups excluding carboxylic acids is 3. The van der Waals surface area contributed by atoms with E-state index in [1.54, 1.807) is 13.8 Å². The van der Waals surface area contributed by atoms with Crippen molar-refractivity contribution in [2.75, 3.05) is 13.2 Å². The first-order valence-electron chi connectivity index (χ1n) is 14.8. The average molecular weight is 580 g/mol. The van der Waals surface area contributed by atoms with Crippen LogP contribution >= 0.6 is 0 Å². The molecular weight excluding hydrogens is 530 g/mol. The zero-order valence-corrected chi connectivity index (χ0v) is 25.9. The normalized spacial score (nSPS) is 44.0. The van der Waals surface area contributed by atoms with Crippen molar-refractivity contribution in [2.24, 2.45) is 16.7 Å². The van der Waals surface area contributed by atoms with Gasteiger partial charge in [0.15, 0.2) is 23.6 Å². The maximum atomic E-state index is 14.3. The Labute approximate surface area is 243 Å². The summed E-state index contributed by atoms with van der Waals surface area (Å²) in [6.07, 6.45) is -1.16. The summed E-state index contributed by atoms with van der Waals surface area (Å²) in [5.41, 5.74) is -7.87. The molecule has 9 atom stereocenters. The summed E-state index contributed by atoms with van der Waals surface area (Å²) >= 11 is 0. The van der Waals surface area contributed by atoms with E-state index >= 15 is 0 Å². The standard InChI is InChI=1S/C31H49NO9/c1-10-28(7)16-19(33)31(37)29(8)20(39-21(34)17-32-26(2,3)4)13-14-27(5,6)23(29)22(35)24(30(31,9)41-28)40-25(36)18-12-11-15-38-18/h10,18,20,22-24,32,35,37H,1,11-17H2,2-9H3/t18?,20-,22-,23-,24-,28-,29-,30+,31-/m0/s1. The van der Waals surface area contributed by atoms with Crippen molar-refractivity contribution in [3.63, 3.8) is 0 Å². The van der Waals surface area contributed by atoms with E-state index in [9.17, 15) is 24.6 Å². The number of nitrogens with one attached hydrogen (secondary N) is 1. The number of hydrogen-bond acceptors (Lipinski definition) is 10. The Hall–Kier alpha value is -1.85. The molecule has 2 saturated carbocycles. The molecule has 0 aromatic carbocycles. The Morgan fingerprint density at radius 2 is 1.80 bits per heavy atom. The predicted octanol–water partition coefficient (Wildman–Crippen LogP) is 2.62. The molecule has 2 heterocycles. The molecule has 0 radical (unpaired) electrons. The van der Waals surface area contributed by atoms with E-state index in [1.165, 1.54) is 13.0 Å². The van der Waals surface area contributed by atoms with Gasteiger partial charge in [0.1, 0.15) is 11.7 Å². The summed E-state index contributed by atoms with van der Waals surface area (Å²) < 4.78 is 24.1. The van der Waals surface area contributed by atoms with Gasteiger partial charge in [0.05, 0.1) is 18.2 Å². The Morgan fingerprint density at radius 1 is 1.15 bits per heavy atom. The second-order valence-electron chi connectivity index (χ2n) is 14.8. The molecule has 0 amide bonds. The van der Waals surface area contributed by atoms with Crippen LogP contribution in [-0.2, 0) is 33.3 Å². The number of ether oxygens (including phenoxy) is 4. The number of ketones is 1.